The van der Waals surface area contributed by atoms with E-state index in [1.54, 1.807) is 56.6 Å². The lowest BCUT2D eigenvalue weighted by Gasteiger charge is -2.25. The third-order valence-electron chi connectivity index (χ3n) is 5.87. The van der Waals surface area contributed by atoms with Crippen molar-refractivity contribution in [3.63, 3.8) is 0 Å². The van der Waals surface area contributed by atoms with Gasteiger partial charge in [-0.1, -0.05) is 48.0 Å². The van der Waals surface area contributed by atoms with Gasteiger partial charge in [0.05, 0.1) is 18.9 Å². The van der Waals surface area contributed by atoms with Gasteiger partial charge in [0.25, 0.3) is 11.8 Å². The molecule has 3 aromatic rings. The Morgan fingerprint density at radius 1 is 1.06 bits per heavy atom. The third kappa shape index (κ3) is 4.83. The molecule has 3 aromatic carbocycles. The first-order valence-electron chi connectivity index (χ1n) is 11.0. The molecule has 0 saturated carbocycles. The van der Waals surface area contributed by atoms with E-state index in [1.807, 2.05) is 31.2 Å². The maximum absolute atomic E-state index is 14.5. The molecule has 174 valence electrons. The summed E-state index contributed by atoms with van der Waals surface area (Å²) in [7, 11) is 3.13. The average molecular weight is 460 g/mol. The summed E-state index contributed by atoms with van der Waals surface area (Å²) in [6, 6.07) is 20.6. The fourth-order valence-electron chi connectivity index (χ4n) is 3.95. The van der Waals surface area contributed by atoms with Crippen LogP contribution in [0.25, 0.3) is 0 Å². The number of amides is 2. The van der Waals surface area contributed by atoms with Crippen molar-refractivity contribution in [3.05, 3.63) is 101 Å². The van der Waals surface area contributed by atoms with Crippen molar-refractivity contribution < 1.29 is 18.7 Å². The first kappa shape index (κ1) is 23.2. The predicted molar refractivity (Wildman–Crippen MR) is 128 cm³/mol. The number of benzene rings is 3. The summed E-state index contributed by atoms with van der Waals surface area (Å²) < 4.78 is 19.6. The number of ether oxygens (including phenoxy) is 1. The maximum Gasteiger partial charge on any atom is 0.262 e. The quantitative estimate of drug-likeness (QED) is 0.542. The number of carbonyl (C=O) groups excluding carboxylic acids is 2. The number of hydrogen-bond acceptors (Lipinski definition) is 4. The molecule has 2 amide bonds. The van der Waals surface area contributed by atoms with Gasteiger partial charge in [-0.3, -0.25) is 9.59 Å². The lowest BCUT2D eigenvalue weighted by Crippen LogP contribution is -2.39. The Hall–Kier alpha value is -4.00. The highest BCUT2D eigenvalue weighted by Gasteiger charge is 2.34. The molecule has 0 spiro atoms. The minimum absolute atomic E-state index is 0.165. The van der Waals surface area contributed by atoms with Crippen LogP contribution >= 0.6 is 0 Å². The molecule has 1 atom stereocenters. The molecule has 0 radical (unpaired) electrons. The minimum atomic E-state index is -0.384. The summed E-state index contributed by atoms with van der Waals surface area (Å²) in [5, 5.41) is 5.89. The molecule has 34 heavy (non-hydrogen) atoms. The molecular formula is C27H26FN3O3. The molecule has 0 bridgehead atoms. The number of methoxy groups -OCH3 is 1. The number of hydrazone groups is 1. The molecular weight excluding hydrogens is 433 g/mol. The van der Waals surface area contributed by atoms with Gasteiger partial charge in [0.2, 0.25) is 0 Å². The van der Waals surface area contributed by atoms with Crippen molar-refractivity contribution in [1.29, 1.82) is 0 Å². The first-order valence-corrected chi connectivity index (χ1v) is 11.0. The first-order chi connectivity index (χ1) is 16.4. The molecule has 1 heterocycles. The van der Waals surface area contributed by atoms with Crippen molar-refractivity contribution in [2.24, 2.45) is 5.10 Å². The van der Waals surface area contributed by atoms with E-state index in [0.717, 1.165) is 11.1 Å². The highest BCUT2D eigenvalue weighted by atomic mass is 19.1. The van der Waals surface area contributed by atoms with E-state index in [1.165, 1.54) is 16.0 Å². The highest BCUT2D eigenvalue weighted by molar-refractivity contribution is 6.04. The average Bonchev–Trinajstić information content (AvgIpc) is 3.29. The molecule has 0 aromatic heterocycles. The van der Waals surface area contributed by atoms with Crippen LogP contribution in [0.3, 0.4) is 0 Å². The SMILES string of the molecule is COc1ccc(C(=O)N(C)CC(=O)N2N=C(c3ccccc3F)C[C@H]2c2ccc(C)cc2)cc1. The smallest absolute Gasteiger partial charge is 0.262 e. The summed E-state index contributed by atoms with van der Waals surface area (Å²) in [5.74, 6) is -0.380. The normalized spacial score (nSPS) is 15.1. The van der Waals surface area contributed by atoms with E-state index in [-0.39, 0.29) is 30.2 Å². The van der Waals surface area contributed by atoms with Gasteiger partial charge >= 0.3 is 0 Å². The van der Waals surface area contributed by atoms with Gasteiger partial charge in [-0.25, -0.2) is 9.40 Å². The van der Waals surface area contributed by atoms with E-state index in [2.05, 4.69) is 5.10 Å². The van der Waals surface area contributed by atoms with Crippen LogP contribution in [0.4, 0.5) is 4.39 Å². The second-order valence-electron chi connectivity index (χ2n) is 8.29. The third-order valence-corrected chi connectivity index (χ3v) is 5.87. The van der Waals surface area contributed by atoms with E-state index >= 15 is 0 Å². The molecule has 6 nitrogen and oxygen atoms in total. The lowest BCUT2D eigenvalue weighted by molar-refractivity contribution is -0.133. The standard InChI is InChI=1S/C27H26FN3O3/c1-18-8-10-19(11-9-18)25-16-24(22-6-4-5-7-23(22)28)29-31(25)26(32)17-30(2)27(33)20-12-14-21(34-3)15-13-20/h4-15,25H,16-17H2,1-3H3/t25-/m0/s1. The van der Waals surface area contributed by atoms with Crippen LogP contribution in [0.2, 0.25) is 0 Å². The van der Waals surface area contributed by atoms with Crippen LogP contribution in [0.15, 0.2) is 77.9 Å². The van der Waals surface area contributed by atoms with E-state index < -0.39 is 0 Å². The van der Waals surface area contributed by atoms with Crippen molar-refractivity contribution in [2.45, 2.75) is 19.4 Å². The van der Waals surface area contributed by atoms with Crippen LogP contribution in [0, 0.1) is 12.7 Å². The van der Waals surface area contributed by atoms with Crippen molar-refractivity contribution in [1.82, 2.24) is 9.91 Å². The van der Waals surface area contributed by atoms with Crippen molar-refractivity contribution in [3.8, 4) is 5.75 Å². The predicted octanol–water partition coefficient (Wildman–Crippen LogP) is 4.59. The van der Waals surface area contributed by atoms with Gasteiger partial charge in [-0.05, 0) is 42.8 Å². The molecule has 1 aliphatic heterocycles. The zero-order valence-electron chi connectivity index (χ0n) is 19.4. The van der Waals surface area contributed by atoms with Crippen LogP contribution in [0.5, 0.6) is 5.75 Å². The Morgan fingerprint density at radius 2 is 1.74 bits per heavy atom. The lowest BCUT2D eigenvalue weighted by atomic mass is 9.97. The number of hydrogen-bond donors (Lipinski definition) is 0. The monoisotopic (exact) mass is 459 g/mol. The van der Waals surface area contributed by atoms with Gasteiger partial charge in [0.1, 0.15) is 18.1 Å². The van der Waals surface area contributed by atoms with E-state index in [0.29, 0.717) is 29.0 Å². The number of carbonyl (C=O) groups is 2. The van der Waals surface area contributed by atoms with Crippen molar-refractivity contribution >= 4 is 17.5 Å². The van der Waals surface area contributed by atoms with Gasteiger partial charge in [-0.2, -0.15) is 5.10 Å². The second-order valence-corrected chi connectivity index (χ2v) is 8.29. The molecule has 7 heteroatoms. The fourth-order valence-corrected chi connectivity index (χ4v) is 3.95. The topological polar surface area (TPSA) is 62.2 Å². The number of halogens is 1. The van der Waals surface area contributed by atoms with Gasteiger partial charge in [0, 0.05) is 24.6 Å². The van der Waals surface area contributed by atoms with E-state index in [9.17, 15) is 14.0 Å². The molecule has 0 N–H and O–H groups in total. The Bertz CT molecular complexity index is 1220. The molecule has 0 unspecified atom stereocenters. The minimum Gasteiger partial charge on any atom is -0.497 e. The molecule has 0 saturated heterocycles. The Kier molecular flexibility index (Phi) is 6.72. The molecule has 0 aliphatic carbocycles. The zero-order valence-corrected chi connectivity index (χ0v) is 19.4. The summed E-state index contributed by atoms with van der Waals surface area (Å²) in [4.78, 5) is 27.5. The number of likely N-dealkylation sites (N-methyl/N-ethyl adjacent to an activating group) is 1. The van der Waals surface area contributed by atoms with Crippen LogP contribution in [-0.2, 0) is 4.79 Å². The fraction of sp³-hybridized carbons (Fsp3) is 0.222. The second kappa shape index (κ2) is 9.87. The highest BCUT2D eigenvalue weighted by Crippen LogP contribution is 2.33. The Morgan fingerprint density at radius 3 is 2.38 bits per heavy atom. The Balaban J connectivity index is 1.58. The van der Waals surface area contributed by atoms with Crippen LogP contribution in [-0.4, -0.2) is 48.1 Å². The Labute approximate surface area is 198 Å². The summed E-state index contributed by atoms with van der Waals surface area (Å²) in [6.45, 7) is 1.82. The number of nitrogens with zero attached hydrogens (tertiary/aromatic N) is 3. The molecule has 0 fully saturated rings. The van der Waals surface area contributed by atoms with E-state index in [4.69, 9.17) is 4.74 Å². The molecule has 4 rings (SSSR count). The van der Waals surface area contributed by atoms with Crippen LogP contribution in [0.1, 0.15) is 39.5 Å². The zero-order chi connectivity index (χ0) is 24.2. The summed E-state index contributed by atoms with van der Waals surface area (Å²) >= 11 is 0. The van der Waals surface area contributed by atoms with Gasteiger partial charge in [0.15, 0.2) is 0 Å². The van der Waals surface area contributed by atoms with Crippen molar-refractivity contribution in [2.75, 3.05) is 20.7 Å². The van der Waals surface area contributed by atoms with Gasteiger partial charge < -0.3 is 9.64 Å². The maximum atomic E-state index is 14.5. The molecule has 1 aliphatic rings. The largest absolute Gasteiger partial charge is 0.497 e. The summed E-state index contributed by atoms with van der Waals surface area (Å²) in [5.41, 5.74) is 3.32. The van der Waals surface area contributed by atoms with Gasteiger partial charge in [-0.15, -0.1) is 0 Å². The summed E-state index contributed by atoms with van der Waals surface area (Å²) in [6.07, 6.45) is 0.381. The number of aryl methyl sites for hydroxylation is 1. The number of rotatable bonds is 6. The van der Waals surface area contributed by atoms with Crippen LogP contribution < -0.4 is 4.74 Å².